The molecule has 3 rings (SSSR count). The highest BCUT2D eigenvalue weighted by atomic mass is 127. The van der Waals surface area contributed by atoms with Gasteiger partial charge >= 0.3 is 6.18 Å². The van der Waals surface area contributed by atoms with Gasteiger partial charge in [-0.05, 0) is 64.9 Å². The zero-order valence-electron chi connectivity index (χ0n) is 17.8. The summed E-state index contributed by atoms with van der Waals surface area (Å²) in [6, 6.07) is 15.3. The third-order valence-electron chi connectivity index (χ3n) is 4.48. The van der Waals surface area contributed by atoms with Crippen molar-refractivity contribution in [3.63, 3.8) is 0 Å². The number of nitro groups is 1. The van der Waals surface area contributed by atoms with E-state index in [0.29, 0.717) is 36.3 Å². The SMILES string of the molecule is CCOc1cc(/C=N\Nc2ccc(C(F)(F)F)cc2[N+](=O)[O-])cc(I)c1OCc1ccccc1. The molecule has 3 aromatic carbocycles. The molecular weight excluding hydrogens is 566 g/mol. The summed E-state index contributed by atoms with van der Waals surface area (Å²) in [7, 11) is 0. The highest BCUT2D eigenvalue weighted by molar-refractivity contribution is 14.1. The Morgan fingerprint density at radius 3 is 2.50 bits per heavy atom. The molecule has 0 aliphatic carbocycles. The van der Waals surface area contributed by atoms with E-state index in [2.05, 4.69) is 33.1 Å². The number of nitro benzene ring substituents is 1. The molecule has 0 fully saturated rings. The Hall–Kier alpha value is -3.35. The first-order valence-corrected chi connectivity index (χ1v) is 11.0. The second kappa shape index (κ2) is 11.2. The molecule has 0 aliphatic heterocycles. The van der Waals surface area contributed by atoms with Gasteiger partial charge < -0.3 is 9.47 Å². The van der Waals surface area contributed by atoms with E-state index in [0.717, 1.165) is 21.3 Å². The lowest BCUT2D eigenvalue weighted by Gasteiger charge is -2.14. The number of anilines is 1. The van der Waals surface area contributed by atoms with Crippen molar-refractivity contribution in [1.29, 1.82) is 0 Å². The van der Waals surface area contributed by atoms with Gasteiger partial charge in [0.1, 0.15) is 12.3 Å². The predicted octanol–water partition coefficient (Wildman–Crippen LogP) is 6.64. The highest BCUT2D eigenvalue weighted by Gasteiger charge is 2.33. The fraction of sp³-hybridized carbons (Fsp3) is 0.174. The fourth-order valence-corrected chi connectivity index (χ4v) is 3.71. The van der Waals surface area contributed by atoms with E-state index in [4.69, 9.17) is 9.47 Å². The third kappa shape index (κ3) is 6.59. The number of hydrogen-bond donors (Lipinski definition) is 1. The molecule has 0 spiro atoms. The predicted molar refractivity (Wildman–Crippen MR) is 130 cm³/mol. The van der Waals surface area contributed by atoms with Crippen molar-refractivity contribution in [2.45, 2.75) is 19.7 Å². The van der Waals surface area contributed by atoms with Crippen LogP contribution in [0.3, 0.4) is 0 Å². The number of nitrogens with zero attached hydrogens (tertiary/aromatic N) is 2. The zero-order chi connectivity index (χ0) is 24.7. The zero-order valence-corrected chi connectivity index (χ0v) is 20.0. The smallest absolute Gasteiger partial charge is 0.416 e. The van der Waals surface area contributed by atoms with Crippen molar-refractivity contribution in [3.8, 4) is 11.5 Å². The summed E-state index contributed by atoms with van der Waals surface area (Å²) in [4.78, 5) is 10.3. The number of benzene rings is 3. The summed E-state index contributed by atoms with van der Waals surface area (Å²) in [6.45, 7) is 2.58. The minimum Gasteiger partial charge on any atom is -0.490 e. The standard InChI is InChI=1S/C23H19F3IN3O4/c1-2-33-21-11-16(10-18(27)22(21)34-14-15-6-4-3-5-7-15)13-28-29-19-9-8-17(23(24,25)26)12-20(19)30(31)32/h3-13,29H,2,14H2,1H3/b28-13-. The second-order valence-corrected chi connectivity index (χ2v) is 8.06. The van der Waals surface area contributed by atoms with Crippen LogP contribution in [0.25, 0.3) is 0 Å². The number of rotatable bonds is 9. The average Bonchev–Trinajstić information content (AvgIpc) is 2.79. The van der Waals surface area contributed by atoms with Crippen LogP contribution in [-0.4, -0.2) is 17.7 Å². The van der Waals surface area contributed by atoms with Gasteiger partial charge in [0.2, 0.25) is 0 Å². The Labute approximate surface area is 206 Å². The summed E-state index contributed by atoms with van der Waals surface area (Å²) in [5.41, 5.74) is 2.01. The van der Waals surface area contributed by atoms with Gasteiger partial charge in [0.25, 0.3) is 5.69 Å². The van der Waals surface area contributed by atoms with Gasteiger partial charge in [0.15, 0.2) is 11.5 Å². The van der Waals surface area contributed by atoms with Crippen LogP contribution in [0.4, 0.5) is 24.5 Å². The minimum absolute atomic E-state index is 0.170. The van der Waals surface area contributed by atoms with Crippen LogP contribution in [0.15, 0.2) is 65.8 Å². The van der Waals surface area contributed by atoms with Gasteiger partial charge in [-0.15, -0.1) is 0 Å². The molecule has 0 radical (unpaired) electrons. The number of hydrogen-bond acceptors (Lipinski definition) is 6. The van der Waals surface area contributed by atoms with Gasteiger partial charge in [0, 0.05) is 6.07 Å². The second-order valence-electron chi connectivity index (χ2n) is 6.89. The number of alkyl halides is 3. The minimum atomic E-state index is -4.69. The number of ether oxygens (including phenoxy) is 2. The molecule has 178 valence electrons. The molecule has 0 aliphatic rings. The normalized spacial score (nSPS) is 11.4. The van der Waals surface area contributed by atoms with Crippen LogP contribution in [-0.2, 0) is 12.8 Å². The maximum atomic E-state index is 12.9. The first-order valence-electron chi connectivity index (χ1n) is 9.96. The molecule has 0 unspecified atom stereocenters. The van der Waals surface area contributed by atoms with E-state index in [1.54, 1.807) is 12.1 Å². The highest BCUT2D eigenvalue weighted by Crippen LogP contribution is 2.36. The number of halogens is 4. The van der Waals surface area contributed by atoms with Gasteiger partial charge in [-0.2, -0.15) is 18.3 Å². The molecule has 0 saturated carbocycles. The maximum absolute atomic E-state index is 12.9. The first kappa shape index (κ1) is 25.3. The lowest BCUT2D eigenvalue weighted by molar-refractivity contribution is -0.384. The molecular formula is C23H19F3IN3O4. The van der Waals surface area contributed by atoms with E-state index in [-0.39, 0.29) is 5.69 Å². The largest absolute Gasteiger partial charge is 0.490 e. The third-order valence-corrected chi connectivity index (χ3v) is 5.28. The first-order chi connectivity index (χ1) is 16.2. The van der Waals surface area contributed by atoms with Crippen molar-refractivity contribution >= 4 is 40.2 Å². The van der Waals surface area contributed by atoms with Gasteiger partial charge in [-0.25, -0.2) is 0 Å². The summed E-state index contributed by atoms with van der Waals surface area (Å²) >= 11 is 2.10. The Morgan fingerprint density at radius 2 is 1.85 bits per heavy atom. The van der Waals surface area contributed by atoms with Crippen molar-refractivity contribution in [1.82, 2.24) is 0 Å². The van der Waals surface area contributed by atoms with Crippen LogP contribution < -0.4 is 14.9 Å². The molecule has 3 aromatic rings. The van der Waals surface area contributed by atoms with Crippen molar-refractivity contribution in [2.24, 2.45) is 5.10 Å². The Morgan fingerprint density at radius 1 is 1.12 bits per heavy atom. The maximum Gasteiger partial charge on any atom is 0.416 e. The monoisotopic (exact) mass is 585 g/mol. The molecule has 7 nitrogen and oxygen atoms in total. The van der Waals surface area contributed by atoms with Crippen LogP contribution >= 0.6 is 22.6 Å². The van der Waals surface area contributed by atoms with Gasteiger partial charge in [-0.3, -0.25) is 15.5 Å². The van der Waals surface area contributed by atoms with Crippen molar-refractivity contribution < 1.29 is 27.6 Å². The Bertz CT molecular complexity index is 1190. The molecule has 0 heterocycles. The fourth-order valence-electron chi connectivity index (χ4n) is 2.93. The summed E-state index contributed by atoms with van der Waals surface area (Å²) in [6.07, 6.45) is -3.31. The summed E-state index contributed by atoms with van der Waals surface area (Å²) < 4.78 is 51.0. The topological polar surface area (TPSA) is 86.0 Å². The van der Waals surface area contributed by atoms with Crippen molar-refractivity contribution in [2.75, 3.05) is 12.0 Å². The van der Waals surface area contributed by atoms with Gasteiger partial charge in [0.05, 0.1) is 26.9 Å². The number of hydrazone groups is 1. The van der Waals surface area contributed by atoms with E-state index in [1.165, 1.54) is 6.21 Å². The molecule has 11 heteroatoms. The van der Waals surface area contributed by atoms with Crippen LogP contribution in [0.1, 0.15) is 23.6 Å². The molecule has 34 heavy (non-hydrogen) atoms. The lowest BCUT2D eigenvalue weighted by Crippen LogP contribution is -2.06. The molecule has 0 bridgehead atoms. The van der Waals surface area contributed by atoms with E-state index >= 15 is 0 Å². The van der Waals surface area contributed by atoms with Gasteiger partial charge in [-0.1, -0.05) is 30.3 Å². The number of nitrogens with one attached hydrogen (secondary N) is 1. The van der Waals surface area contributed by atoms with Crippen LogP contribution in [0.2, 0.25) is 0 Å². The lowest BCUT2D eigenvalue weighted by atomic mass is 10.1. The molecule has 1 N–H and O–H groups in total. The van der Waals surface area contributed by atoms with E-state index < -0.39 is 22.4 Å². The van der Waals surface area contributed by atoms with Crippen LogP contribution in [0, 0.1) is 13.7 Å². The molecule has 0 aromatic heterocycles. The quantitative estimate of drug-likeness (QED) is 0.132. The molecule has 0 saturated heterocycles. The Balaban J connectivity index is 1.80. The van der Waals surface area contributed by atoms with E-state index in [1.807, 2.05) is 37.3 Å². The average molecular weight is 585 g/mol. The van der Waals surface area contributed by atoms with E-state index in [9.17, 15) is 23.3 Å². The summed E-state index contributed by atoms with van der Waals surface area (Å²) in [5, 5.41) is 15.2. The van der Waals surface area contributed by atoms with Crippen LogP contribution in [0.5, 0.6) is 11.5 Å². The van der Waals surface area contributed by atoms with Crippen molar-refractivity contribution in [3.05, 3.63) is 91.0 Å². The molecule has 0 atom stereocenters. The Kier molecular flexibility index (Phi) is 8.31. The molecule has 0 amide bonds. The summed E-state index contributed by atoms with van der Waals surface area (Å²) in [5.74, 6) is 1.06.